The van der Waals surface area contributed by atoms with E-state index in [0.29, 0.717) is 15.7 Å². The first kappa shape index (κ1) is 12.9. The molecular weight excluding hydrogens is 297 g/mol. The van der Waals surface area contributed by atoms with Gasteiger partial charge in [-0.15, -0.1) is 0 Å². The van der Waals surface area contributed by atoms with Gasteiger partial charge in [-0.2, -0.15) is 0 Å². The van der Waals surface area contributed by atoms with Crippen LogP contribution in [-0.2, 0) is 0 Å². The molecule has 0 radical (unpaired) electrons. The highest BCUT2D eigenvalue weighted by molar-refractivity contribution is 9.10. The summed E-state index contributed by atoms with van der Waals surface area (Å²) >= 11 is 3.08. The van der Waals surface area contributed by atoms with Crippen LogP contribution in [0.3, 0.4) is 0 Å². The van der Waals surface area contributed by atoms with Crippen LogP contribution in [0, 0.1) is 5.82 Å². The Morgan fingerprint density at radius 2 is 2.11 bits per heavy atom. The SMILES string of the molecule is CC(C(=O)c1ccc(F)c(Br)c1)c1ccccn1. The van der Waals surface area contributed by atoms with Crippen LogP contribution in [-0.4, -0.2) is 10.8 Å². The molecule has 1 aromatic heterocycles. The second kappa shape index (κ2) is 5.40. The Kier molecular flexibility index (Phi) is 3.87. The monoisotopic (exact) mass is 307 g/mol. The van der Waals surface area contributed by atoms with Gasteiger partial charge in [-0.3, -0.25) is 9.78 Å². The van der Waals surface area contributed by atoms with Gasteiger partial charge < -0.3 is 0 Å². The Labute approximate surface area is 113 Å². The number of nitrogens with zero attached hydrogens (tertiary/aromatic N) is 1. The number of ketones is 1. The number of aromatic nitrogens is 1. The quantitative estimate of drug-likeness (QED) is 0.803. The minimum atomic E-state index is -0.378. The third kappa shape index (κ3) is 2.64. The summed E-state index contributed by atoms with van der Waals surface area (Å²) in [6.45, 7) is 1.79. The number of hydrogen-bond acceptors (Lipinski definition) is 2. The molecule has 0 aliphatic heterocycles. The Morgan fingerprint density at radius 3 is 2.72 bits per heavy atom. The first-order valence-electron chi connectivity index (χ1n) is 5.50. The highest BCUT2D eigenvalue weighted by Crippen LogP contribution is 2.22. The third-order valence-corrected chi connectivity index (χ3v) is 3.34. The summed E-state index contributed by atoms with van der Waals surface area (Å²) in [4.78, 5) is 16.4. The van der Waals surface area contributed by atoms with Gasteiger partial charge in [-0.1, -0.05) is 6.07 Å². The highest BCUT2D eigenvalue weighted by atomic mass is 79.9. The van der Waals surface area contributed by atoms with Gasteiger partial charge in [0.05, 0.1) is 16.1 Å². The third-order valence-electron chi connectivity index (χ3n) is 2.73. The molecule has 0 saturated heterocycles. The standard InChI is InChI=1S/C14H11BrFNO/c1-9(13-4-2-3-7-17-13)14(18)10-5-6-12(16)11(15)8-10/h2-9H,1H3. The maximum absolute atomic E-state index is 13.1. The molecule has 0 spiro atoms. The average Bonchev–Trinajstić information content (AvgIpc) is 2.41. The number of rotatable bonds is 3. The van der Waals surface area contributed by atoms with Crippen molar-refractivity contribution < 1.29 is 9.18 Å². The van der Waals surface area contributed by atoms with Crippen molar-refractivity contribution in [3.05, 3.63) is 64.1 Å². The van der Waals surface area contributed by atoms with Crippen LogP contribution >= 0.6 is 15.9 Å². The first-order chi connectivity index (χ1) is 8.59. The molecule has 2 nitrogen and oxygen atoms in total. The van der Waals surface area contributed by atoms with Gasteiger partial charge in [0, 0.05) is 11.8 Å². The predicted octanol–water partition coefficient (Wildman–Crippen LogP) is 3.97. The van der Waals surface area contributed by atoms with E-state index < -0.39 is 0 Å². The lowest BCUT2D eigenvalue weighted by Crippen LogP contribution is -2.11. The van der Waals surface area contributed by atoms with Crippen LogP contribution < -0.4 is 0 Å². The number of pyridine rings is 1. The Bertz CT molecular complexity index is 571. The summed E-state index contributed by atoms with van der Waals surface area (Å²) in [5.74, 6) is -0.796. The Hall–Kier alpha value is -1.55. The summed E-state index contributed by atoms with van der Waals surface area (Å²) in [7, 11) is 0. The summed E-state index contributed by atoms with van der Waals surface area (Å²) in [6.07, 6.45) is 1.65. The average molecular weight is 308 g/mol. The highest BCUT2D eigenvalue weighted by Gasteiger charge is 2.18. The van der Waals surface area contributed by atoms with Crippen molar-refractivity contribution in [3.63, 3.8) is 0 Å². The first-order valence-corrected chi connectivity index (χ1v) is 6.29. The molecule has 0 aliphatic carbocycles. The van der Waals surface area contributed by atoms with E-state index in [1.54, 1.807) is 25.3 Å². The van der Waals surface area contributed by atoms with E-state index >= 15 is 0 Å². The van der Waals surface area contributed by atoms with Crippen molar-refractivity contribution in [2.45, 2.75) is 12.8 Å². The Balaban J connectivity index is 2.29. The van der Waals surface area contributed by atoms with Crippen LogP contribution in [0.25, 0.3) is 0 Å². The smallest absolute Gasteiger partial charge is 0.171 e. The number of carbonyl (C=O) groups excluding carboxylic acids is 1. The Morgan fingerprint density at radius 1 is 1.33 bits per heavy atom. The lowest BCUT2D eigenvalue weighted by atomic mass is 9.96. The zero-order chi connectivity index (χ0) is 13.1. The van der Waals surface area contributed by atoms with Crippen LogP contribution in [0.2, 0.25) is 0 Å². The molecule has 92 valence electrons. The molecule has 0 saturated carbocycles. The molecule has 2 rings (SSSR count). The number of hydrogen-bond donors (Lipinski definition) is 0. The van der Waals surface area contributed by atoms with E-state index in [1.165, 1.54) is 18.2 Å². The van der Waals surface area contributed by atoms with Crippen molar-refractivity contribution in [1.29, 1.82) is 0 Å². The molecule has 0 aliphatic rings. The summed E-state index contributed by atoms with van der Waals surface area (Å²) in [5, 5.41) is 0. The normalized spacial score (nSPS) is 12.2. The predicted molar refractivity (Wildman–Crippen MR) is 71.1 cm³/mol. The molecule has 1 unspecified atom stereocenters. The van der Waals surface area contributed by atoms with Crippen molar-refractivity contribution in [2.24, 2.45) is 0 Å². The number of Topliss-reactive ketones (excluding diaryl/α,β-unsaturated/α-hetero) is 1. The second-order valence-corrected chi connectivity index (χ2v) is 4.82. The van der Waals surface area contributed by atoms with E-state index in [9.17, 15) is 9.18 Å². The van der Waals surface area contributed by atoms with Crippen molar-refractivity contribution in [1.82, 2.24) is 4.98 Å². The fourth-order valence-corrected chi connectivity index (χ4v) is 2.04. The maximum atomic E-state index is 13.1. The van der Waals surface area contributed by atoms with Gasteiger partial charge in [0.1, 0.15) is 5.82 Å². The topological polar surface area (TPSA) is 30.0 Å². The van der Waals surface area contributed by atoms with Crippen molar-refractivity contribution in [2.75, 3.05) is 0 Å². The zero-order valence-corrected chi connectivity index (χ0v) is 11.3. The molecule has 1 atom stereocenters. The molecular formula is C14H11BrFNO. The molecule has 1 aromatic carbocycles. The van der Waals surface area contributed by atoms with Gasteiger partial charge in [0.2, 0.25) is 0 Å². The van der Waals surface area contributed by atoms with Gasteiger partial charge in [-0.05, 0) is 53.2 Å². The molecule has 0 fully saturated rings. The fraction of sp³-hybridized carbons (Fsp3) is 0.143. The van der Waals surface area contributed by atoms with E-state index in [1.807, 2.05) is 6.07 Å². The summed E-state index contributed by atoms with van der Waals surface area (Å²) < 4.78 is 13.4. The number of carbonyl (C=O) groups is 1. The van der Waals surface area contributed by atoms with Crippen LogP contribution in [0.1, 0.15) is 28.9 Å². The maximum Gasteiger partial charge on any atom is 0.171 e. The lowest BCUT2D eigenvalue weighted by Gasteiger charge is -2.10. The molecule has 2 aromatic rings. The van der Waals surface area contributed by atoms with Crippen molar-refractivity contribution >= 4 is 21.7 Å². The largest absolute Gasteiger partial charge is 0.293 e. The van der Waals surface area contributed by atoms with Crippen LogP contribution in [0.5, 0.6) is 0 Å². The summed E-state index contributed by atoms with van der Waals surface area (Å²) in [5.41, 5.74) is 1.18. The second-order valence-electron chi connectivity index (χ2n) is 3.97. The number of halogens is 2. The van der Waals surface area contributed by atoms with Gasteiger partial charge in [0.25, 0.3) is 0 Å². The van der Waals surface area contributed by atoms with Gasteiger partial charge in [0.15, 0.2) is 5.78 Å². The zero-order valence-electron chi connectivity index (χ0n) is 9.73. The van der Waals surface area contributed by atoms with E-state index in [2.05, 4.69) is 20.9 Å². The number of benzene rings is 1. The van der Waals surface area contributed by atoms with Crippen LogP contribution in [0.4, 0.5) is 4.39 Å². The minimum Gasteiger partial charge on any atom is -0.293 e. The molecule has 0 bridgehead atoms. The lowest BCUT2D eigenvalue weighted by molar-refractivity contribution is 0.0964. The van der Waals surface area contributed by atoms with Gasteiger partial charge >= 0.3 is 0 Å². The van der Waals surface area contributed by atoms with Crippen molar-refractivity contribution in [3.8, 4) is 0 Å². The minimum absolute atomic E-state index is 0.0746. The molecule has 18 heavy (non-hydrogen) atoms. The fourth-order valence-electron chi connectivity index (χ4n) is 1.67. The molecule has 1 heterocycles. The van der Waals surface area contributed by atoms with Gasteiger partial charge in [-0.25, -0.2) is 4.39 Å². The molecule has 0 N–H and O–H groups in total. The van der Waals surface area contributed by atoms with E-state index in [0.717, 1.165) is 0 Å². The van der Waals surface area contributed by atoms with E-state index in [4.69, 9.17) is 0 Å². The van der Waals surface area contributed by atoms with E-state index in [-0.39, 0.29) is 17.5 Å². The summed E-state index contributed by atoms with van der Waals surface area (Å²) in [6, 6.07) is 9.71. The molecule has 4 heteroatoms. The molecule has 0 amide bonds. The van der Waals surface area contributed by atoms with Crippen LogP contribution in [0.15, 0.2) is 47.1 Å².